The van der Waals surface area contributed by atoms with E-state index in [4.69, 9.17) is 0 Å². The van der Waals surface area contributed by atoms with Crippen LogP contribution >= 0.6 is 11.8 Å². The van der Waals surface area contributed by atoms with Crippen LogP contribution < -0.4 is 5.32 Å². The van der Waals surface area contributed by atoms with E-state index in [2.05, 4.69) is 41.4 Å². The number of likely N-dealkylation sites (N-methyl/N-ethyl adjacent to an activating group) is 1. The maximum absolute atomic E-state index is 3.78. The van der Waals surface area contributed by atoms with Crippen LogP contribution in [-0.2, 0) is 0 Å². The van der Waals surface area contributed by atoms with Crippen molar-refractivity contribution in [1.82, 2.24) is 10.2 Å². The van der Waals surface area contributed by atoms with E-state index in [9.17, 15) is 0 Å². The number of fused-ring (bicyclic) bond motifs is 3. The highest BCUT2D eigenvalue weighted by Crippen LogP contribution is 2.40. The first-order valence-electron chi connectivity index (χ1n) is 8.55. The fourth-order valence-corrected chi connectivity index (χ4v) is 5.77. The van der Waals surface area contributed by atoms with Crippen LogP contribution in [0, 0.1) is 0 Å². The Morgan fingerprint density at radius 3 is 2.71 bits per heavy atom. The minimum atomic E-state index is 0.735. The topological polar surface area (TPSA) is 15.3 Å². The Hall–Kier alpha value is -0.510. The molecule has 1 N–H and O–H groups in total. The van der Waals surface area contributed by atoms with E-state index in [-0.39, 0.29) is 0 Å². The third-order valence-corrected chi connectivity index (χ3v) is 6.88. The van der Waals surface area contributed by atoms with Crippen LogP contribution in [0.15, 0.2) is 29.2 Å². The molecule has 2 saturated heterocycles. The number of nitrogens with one attached hydrogen (secondary N) is 1. The molecule has 3 aliphatic rings. The zero-order valence-electron chi connectivity index (χ0n) is 12.9. The summed E-state index contributed by atoms with van der Waals surface area (Å²) >= 11 is 2.05. The summed E-state index contributed by atoms with van der Waals surface area (Å²) in [7, 11) is 0. The first-order valence-corrected chi connectivity index (χ1v) is 9.54. The highest BCUT2D eigenvalue weighted by atomic mass is 32.2. The lowest BCUT2D eigenvalue weighted by atomic mass is 9.95. The third-order valence-electron chi connectivity index (χ3n) is 5.62. The Kier molecular flexibility index (Phi) is 3.99. The van der Waals surface area contributed by atoms with Crippen molar-refractivity contribution in [2.45, 2.75) is 61.5 Å². The Morgan fingerprint density at radius 1 is 1.19 bits per heavy atom. The molecule has 2 bridgehead atoms. The molecule has 2 nitrogen and oxygen atoms in total. The molecular formula is C18H26N2S. The van der Waals surface area contributed by atoms with E-state index >= 15 is 0 Å². The molecule has 0 radical (unpaired) electrons. The predicted octanol–water partition coefficient (Wildman–Crippen LogP) is 3.48. The molecule has 3 heteroatoms. The summed E-state index contributed by atoms with van der Waals surface area (Å²) in [6.45, 7) is 4.80. The molecule has 4 rings (SSSR count). The Labute approximate surface area is 132 Å². The second-order valence-electron chi connectivity index (χ2n) is 6.90. The van der Waals surface area contributed by atoms with Gasteiger partial charge in [0.15, 0.2) is 0 Å². The Morgan fingerprint density at radius 2 is 1.95 bits per heavy atom. The molecular weight excluding hydrogens is 276 g/mol. The number of rotatable bonds is 4. The zero-order valence-corrected chi connectivity index (χ0v) is 13.7. The summed E-state index contributed by atoms with van der Waals surface area (Å²) in [5.74, 6) is 2.01. The van der Waals surface area contributed by atoms with Gasteiger partial charge < -0.3 is 5.32 Å². The molecule has 0 saturated carbocycles. The van der Waals surface area contributed by atoms with Gasteiger partial charge in [-0.1, -0.05) is 25.1 Å². The SMILES string of the molecule is CCN(CC1CSc2ccccc21)C1CC2CCC(C1)N2. The van der Waals surface area contributed by atoms with E-state index in [0.29, 0.717) is 0 Å². The molecule has 21 heavy (non-hydrogen) atoms. The van der Waals surface area contributed by atoms with Crippen LogP contribution in [0.4, 0.5) is 0 Å². The fraction of sp³-hybridized carbons (Fsp3) is 0.667. The molecule has 0 spiro atoms. The van der Waals surface area contributed by atoms with Crippen molar-refractivity contribution in [3.8, 4) is 0 Å². The molecule has 0 amide bonds. The van der Waals surface area contributed by atoms with Crippen LogP contribution in [0.1, 0.15) is 44.1 Å². The summed E-state index contributed by atoms with van der Waals surface area (Å²) in [6, 6.07) is 11.4. The molecule has 3 atom stereocenters. The van der Waals surface area contributed by atoms with Gasteiger partial charge in [-0.2, -0.15) is 0 Å². The van der Waals surface area contributed by atoms with Gasteiger partial charge in [0.1, 0.15) is 0 Å². The van der Waals surface area contributed by atoms with Crippen molar-refractivity contribution in [3.05, 3.63) is 29.8 Å². The number of piperidine rings is 1. The van der Waals surface area contributed by atoms with Gasteiger partial charge >= 0.3 is 0 Å². The van der Waals surface area contributed by atoms with Gasteiger partial charge in [0.25, 0.3) is 0 Å². The number of thioether (sulfide) groups is 1. The summed E-state index contributed by atoms with van der Waals surface area (Å²) in [4.78, 5) is 4.29. The molecule has 1 aromatic rings. The van der Waals surface area contributed by atoms with Gasteiger partial charge in [-0.25, -0.2) is 0 Å². The second-order valence-corrected chi connectivity index (χ2v) is 7.96. The molecule has 0 aromatic heterocycles. The standard InChI is InChI=1S/C18H26N2S/c1-2-20(16-9-14-7-8-15(10-16)19-14)11-13-12-21-18-6-4-3-5-17(13)18/h3-6,13-16,19H,2,7-12H2,1H3. The van der Waals surface area contributed by atoms with E-state index in [1.807, 2.05) is 11.8 Å². The van der Waals surface area contributed by atoms with Crippen molar-refractivity contribution < 1.29 is 0 Å². The first kappa shape index (κ1) is 14.1. The van der Waals surface area contributed by atoms with Gasteiger partial charge in [-0.05, 0) is 43.9 Å². The van der Waals surface area contributed by atoms with E-state index in [1.165, 1.54) is 49.4 Å². The summed E-state index contributed by atoms with van der Waals surface area (Å²) in [5, 5.41) is 3.78. The predicted molar refractivity (Wildman–Crippen MR) is 90.1 cm³/mol. The second kappa shape index (κ2) is 5.94. The molecule has 3 heterocycles. The zero-order chi connectivity index (χ0) is 14.2. The summed E-state index contributed by atoms with van der Waals surface area (Å²) < 4.78 is 0. The molecule has 114 valence electrons. The number of hydrogen-bond donors (Lipinski definition) is 1. The fourth-order valence-electron chi connectivity index (χ4n) is 4.53. The van der Waals surface area contributed by atoms with Crippen molar-refractivity contribution in [2.24, 2.45) is 0 Å². The summed E-state index contributed by atoms with van der Waals surface area (Å²) in [6.07, 6.45) is 5.54. The van der Waals surface area contributed by atoms with Gasteiger partial charge in [0, 0.05) is 41.2 Å². The van der Waals surface area contributed by atoms with Gasteiger partial charge in [-0.15, -0.1) is 11.8 Å². The van der Waals surface area contributed by atoms with E-state index in [0.717, 1.165) is 24.0 Å². The van der Waals surface area contributed by atoms with Gasteiger partial charge in [0.05, 0.1) is 0 Å². The molecule has 0 aliphatic carbocycles. The first-order chi connectivity index (χ1) is 10.3. The Bertz CT molecular complexity index is 492. The average Bonchev–Trinajstić information content (AvgIpc) is 3.08. The average molecular weight is 302 g/mol. The number of benzene rings is 1. The van der Waals surface area contributed by atoms with Crippen LogP contribution in [0.5, 0.6) is 0 Å². The number of nitrogens with zero attached hydrogens (tertiary/aromatic N) is 1. The highest BCUT2D eigenvalue weighted by Gasteiger charge is 2.36. The quantitative estimate of drug-likeness (QED) is 0.916. The van der Waals surface area contributed by atoms with E-state index in [1.54, 1.807) is 5.56 Å². The van der Waals surface area contributed by atoms with Crippen molar-refractivity contribution in [3.63, 3.8) is 0 Å². The van der Waals surface area contributed by atoms with Crippen LogP contribution in [0.2, 0.25) is 0 Å². The highest BCUT2D eigenvalue weighted by molar-refractivity contribution is 7.99. The van der Waals surface area contributed by atoms with Gasteiger partial charge in [-0.3, -0.25) is 4.90 Å². The monoisotopic (exact) mass is 302 g/mol. The van der Waals surface area contributed by atoms with Gasteiger partial charge in [0.2, 0.25) is 0 Å². The number of hydrogen-bond acceptors (Lipinski definition) is 3. The van der Waals surface area contributed by atoms with Crippen molar-refractivity contribution in [1.29, 1.82) is 0 Å². The van der Waals surface area contributed by atoms with Crippen LogP contribution in [0.25, 0.3) is 0 Å². The smallest absolute Gasteiger partial charge is 0.0125 e. The minimum Gasteiger partial charge on any atom is -0.311 e. The summed E-state index contributed by atoms with van der Waals surface area (Å²) in [5.41, 5.74) is 1.60. The maximum atomic E-state index is 3.78. The molecule has 1 aromatic carbocycles. The lowest BCUT2D eigenvalue weighted by Crippen LogP contribution is -2.49. The minimum absolute atomic E-state index is 0.735. The van der Waals surface area contributed by atoms with Crippen LogP contribution in [-0.4, -0.2) is 41.9 Å². The van der Waals surface area contributed by atoms with E-state index < -0.39 is 0 Å². The molecule has 2 fully saturated rings. The lowest BCUT2D eigenvalue weighted by molar-refractivity contribution is 0.142. The van der Waals surface area contributed by atoms with Crippen molar-refractivity contribution in [2.75, 3.05) is 18.8 Å². The molecule has 3 unspecified atom stereocenters. The van der Waals surface area contributed by atoms with Crippen LogP contribution in [0.3, 0.4) is 0 Å². The lowest BCUT2D eigenvalue weighted by Gasteiger charge is -2.38. The Balaban J connectivity index is 1.45. The largest absolute Gasteiger partial charge is 0.311 e. The maximum Gasteiger partial charge on any atom is 0.0125 e. The normalized spacial score (nSPS) is 34.4. The van der Waals surface area contributed by atoms with Crippen molar-refractivity contribution >= 4 is 11.8 Å². The molecule has 3 aliphatic heterocycles. The third kappa shape index (κ3) is 2.76.